The summed E-state index contributed by atoms with van der Waals surface area (Å²) in [7, 11) is 0. The standard InChI is InChI=1S/C22H24N4O5/c1-4-30-22(29)17-11-16-19(24-18-13(2)7-5-9-25(18)21(16)28)26(20(17)23-14(3)27)12-15-8-6-10-31-15/h5,7,9,11,15H,4,6,8,10,12H2,1-3H3/t15-/m0/s1. The van der Waals surface area contributed by atoms with Crippen LogP contribution in [0.5, 0.6) is 0 Å². The smallest absolute Gasteiger partial charge is 0.341 e. The molecule has 1 aliphatic heterocycles. The van der Waals surface area contributed by atoms with E-state index < -0.39 is 11.9 Å². The summed E-state index contributed by atoms with van der Waals surface area (Å²) < 4.78 is 14.1. The molecule has 162 valence electrons. The lowest BCUT2D eigenvalue weighted by atomic mass is 10.1. The van der Waals surface area contributed by atoms with Crippen LogP contribution in [0.25, 0.3) is 16.7 Å². The van der Waals surface area contributed by atoms with Crippen LogP contribution in [-0.4, -0.2) is 45.1 Å². The lowest BCUT2D eigenvalue weighted by Gasteiger charge is -2.18. The number of amides is 1. The minimum Gasteiger partial charge on any atom is -0.462 e. The van der Waals surface area contributed by atoms with Gasteiger partial charge in [0.15, 0.2) is 5.49 Å². The number of rotatable bonds is 4. The highest BCUT2D eigenvalue weighted by atomic mass is 16.5. The topological polar surface area (TPSA) is 104 Å². The SMILES string of the molecule is CCOC(=O)c1cc2c(=O)n3cccc(C)c3nc2n(C[C@@H]2CCCO2)c1=NC(C)=O. The zero-order chi connectivity index (χ0) is 22.1. The minimum atomic E-state index is -0.653. The number of carbonyl (C=O) groups is 2. The first kappa shape index (κ1) is 20.9. The third-order valence-electron chi connectivity index (χ3n) is 5.27. The maximum Gasteiger partial charge on any atom is 0.341 e. The van der Waals surface area contributed by atoms with Crippen LogP contribution in [0.2, 0.25) is 0 Å². The molecule has 0 aliphatic carbocycles. The van der Waals surface area contributed by atoms with Crippen molar-refractivity contribution in [3.63, 3.8) is 0 Å². The molecule has 3 aromatic heterocycles. The predicted molar refractivity (Wildman–Crippen MR) is 113 cm³/mol. The van der Waals surface area contributed by atoms with Crippen LogP contribution in [0.3, 0.4) is 0 Å². The summed E-state index contributed by atoms with van der Waals surface area (Å²) in [5.74, 6) is -1.13. The fourth-order valence-corrected chi connectivity index (χ4v) is 3.88. The largest absolute Gasteiger partial charge is 0.462 e. The van der Waals surface area contributed by atoms with E-state index >= 15 is 0 Å². The van der Waals surface area contributed by atoms with E-state index in [0.717, 1.165) is 18.4 Å². The van der Waals surface area contributed by atoms with E-state index in [-0.39, 0.29) is 34.7 Å². The molecule has 1 aliphatic rings. The van der Waals surface area contributed by atoms with Crippen molar-refractivity contribution in [3.05, 3.63) is 51.4 Å². The van der Waals surface area contributed by atoms with Crippen molar-refractivity contribution in [2.24, 2.45) is 4.99 Å². The fraction of sp³-hybridized carbons (Fsp3) is 0.409. The van der Waals surface area contributed by atoms with Crippen LogP contribution < -0.4 is 11.0 Å². The van der Waals surface area contributed by atoms with E-state index in [1.807, 2.05) is 13.0 Å². The molecule has 1 fully saturated rings. The van der Waals surface area contributed by atoms with Gasteiger partial charge >= 0.3 is 5.97 Å². The second-order valence-corrected chi connectivity index (χ2v) is 7.52. The molecule has 9 heteroatoms. The number of pyridine rings is 2. The van der Waals surface area contributed by atoms with Gasteiger partial charge in [0.2, 0.25) is 5.91 Å². The number of aromatic nitrogens is 3. The molecule has 0 spiro atoms. The zero-order valence-electron chi connectivity index (χ0n) is 17.8. The lowest BCUT2D eigenvalue weighted by molar-refractivity contribution is -0.116. The Morgan fingerprint density at radius 2 is 2.16 bits per heavy atom. The van der Waals surface area contributed by atoms with Gasteiger partial charge in [-0.15, -0.1) is 0 Å². The predicted octanol–water partition coefficient (Wildman–Crippen LogP) is 1.76. The molecule has 4 heterocycles. The number of fused-ring (bicyclic) bond motifs is 2. The second-order valence-electron chi connectivity index (χ2n) is 7.52. The van der Waals surface area contributed by atoms with Crippen molar-refractivity contribution in [1.82, 2.24) is 14.0 Å². The van der Waals surface area contributed by atoms with E-state index in [1.165, 1.54) is 17.4 Å². The van der Waals surface area contributed by atoms with Gasteiger partial charge in [-0.2, -0.15) is 4.99 Å². The summed E-state index contributed by atoms with van der Waals surface area (Å²) in [6.07, 6.45) is 3.24. The van der Waals surface area contributed by atoms with E-state index in [4.69, 9.17) is 14.5 Å². The summed E-state index contributed by atoms with van der Waals surface area (Å²) in [5, 5.41) is 0.242. The Hall–Kier alpha value is -3.33. The first-order chi connectivity index (χ1) is 14.9. The molecule has 3 aromatic rings. The van der Waals surface area contributed by atoms with Crippen molar-refractivity contribution in [2.45, 2.75) is 46.3 Å². The average molecular weight is 424 g/mol. The molecule has 9 nitrogen and oxygen atoms in total. The first-order valence-electron chi connectivity index (χ1n) is 10.3. The fourth-order valence-electron chi connectivity index (χ4n) is 3.88. The summed E-state index contributed by atoms with van der Waals surface area (Å²) >= 11 is 0. The summed E-state index contributed by atoms with van der Waals surface area (Å²) in [5.41, 5.74) is 1.53. The molecule has 1 saturated heterocycles. The highest BCUT2D eigenvalue weighted by Crippen LogP contribution is 2.18. The Bertz CT molecular complexity index is 1320. The Balaban J connectivity index is 2.15. The molecule has 31 heavy (non-hydrogen) atoms. The monoisotopic (exact) mass is 424 g/mol. The summed E-state index contributed by atoms with van der Waals surface area (Å²) in [6.45, 7) is 5.96. The Morgan fingerprint density at radius 3 is 2.84 bits per heavy atom. The van der Waals surface area contributed by atoms with Gasteiger partial charge in [0.25, 0.3) is 5.56 Å². The average Bonchev–Trinajstić information content (AvgIpc) is 3.24. The Kier molecular flexibility index (Phi) is 5.69. The number of aryl methyl sites for hydroxylation is 1. The maximum atomic E-state index is 13.3. The van der Waals surface area contributed by atoms with Crippen LogP contribution in [0.1, 0.15) is 42.6 Å². The molecular formula is C22H24N4O5. The quantitative estimate of drug-likeness (QED) is 0.467. The number of nitrogens with zero attached hydrogens (tertiary/aromatic N) is 4. The maximum absolute atomic E-state index is 13.3. The third kappa shape index (κ3) is 3.88. The van der Waals surface area contributed by atoms with E-state index in [1.54, 1.807) is 23.8 Å². The number of esters is 1. The van der Waals surface area contributed by atoms with Crippen LogP contribution >= 0.6 is 0 Å². The molecule has 0 saturated carbocycles. The van der Waals surface area contributed by atoms with Crippen molar-refractivity contribution < 1.29 is 19.1 Å². The molecule has 4 rings (SSSR count). The molecule has 1 atom stereocenters. The molecule has 0 N–H and O–H groups in total. The first-order valence-corrected chi connectivity index (χ1v) is 10.3. The third-order valence-corrected chi connectivity index (χ3v) is 5.27. The number of ether oxygens (including phenoxy) is 2. The van der Waals surface area contributed by atoms with Crippen molar-refractivity contribution in [3.8, 4) is 0 Å². The molecule has 0 bridgehead atoms. The molecular weight excluding hydrogens is 400 g/mol. The van der Waals surface area contributed by atoms with Gasteiger partial charge < -0.3 is 14.0 Å². The Morgan fingerprint density at radius 1 is 1.35 bits per heavy atom. The van der Waals surface area contributed by atoms with Crippen LogP contribution in [-0.2, 0) is 20.8 Å². The van der Waals surface area contributed by atoms with Gasteiger partial charge in [0.1, 0.15) is 16.9 Å². The van der Waals surface area contributed by atoms with Gasteiger partial charge in [-0.1, -0.05) is 6.07 Å². The highest BCUT2D eigenvalue weighted by molar-refractivity contribution is 5.93. The van der Waals surface area contributed by atoms with E-state index in [9.17, 15) is 14.4 Å². The van der Waals surface area contributed by atoms with Crippen molar-refractivity contribution >= 4 is 28.6 Å². The van der Waals surface area contributed by atoms with Crippen LogP contribution in [0, 0.1) is 6.92 Å². The molecule has 0 aromatic carbocycles. The van der Waals surface area contributed by atoms with Gasteiger partial charge in [0, 0.05) is 19.7 Å². The summed E-state index contributed by atoms with van der Waals surface area (Å²) in [4.78, 5) is 46.9. The van der Waals surface area contributed by atoms with Gasteiger partial charge in [-0.05, 0) is 44.4 Å². The number of carbonyl (C=O) groups excluding carboxylic acids is 2. The molecule has 1 amide bonds. The second kappa shape index (κ2) is 8.43. The zero-order valence-corrected chi connectivity index (χ0v) is 17.8. The van der Waals surface area contributed by atoms with E-state index in [0.29, 0.717) is 24.4 Å². The van der Waals surface area contributed by atoms with Crippen molar-refractivity contribution in [1.29, 1.82) is 0 Å². The Labute approximate surface area is 178 Å². The number of hydrogen-bond donors (Lipinski definition) is 0. The lowest BCUT2D eigenvalue weighted by Crippen LogP contribution is -2.35. The van der Waals surface area contributed by atoms with Gasteiger partial charge in [-0.3, -0.25) is 14.0 Å². The summed E-state index contributed by atoms with van der Waals surface area (Å²) in [6, 6.07) is 5.06. The normalized spacial score (nSPS) is 16.9. The van der Waals surface area contributed by atoms with Gasteiger partial charge in [0.05, 0.1) is 24.6 Å². The minimum absolute atomic E-state index is 0.0500. The number of hydrogen-bond acceptors (Lipinski definition) is 6. The van der Waals surface area contributed by atoms with Crippen molar-refractivity contribution in [2.75, 3.05) is 13.2 Å². The highest BCUT2D eigenvalue weighted by Gasteiger charge is 2.23. The van der Waals surface area contributed by atoms with Crippen LogP contribution in [0.4, 0.5) is 0 Å². The van der Waals surface area contributed by atoms with Gasteiger partial charge in [-0.25, -0.2) is 9.78 Å². The van der Waals surface area contributed by atoms with E-state index in [2.05, 4.69) is 4.99 Å². The molecule has 0 unspecified atom stereocenters. The van der Waals surface area contributed by atoms with Crippen LogP contribution in [0.15, 0.2) is 34.2 Å². The molecule has 0 radical (unpaired) electrons.